The number of aromatic nitrogens is 2. The van der Waals surface area contributed by atoms with Gasteiger partial charge in [0.05, 0.1) is 12.2 Å². The molecular formula is C16H17N3. The van der Waals surface area contributed by atoms with Crippen molar-refractivity contribution < 1.29 is 0 Å². The molecule has 0 amide bonds. The zero-order chi connectivity index (χ0) is 13.1. The summed E-state index contributed by atoms with van der Waals surface area (Å²) in [7, 11) is 1.97. The maximum Gasteiger partial charge on any atom is 0.0648 e. The monoisotopic (exact) mass is 251 g/mol. The van der Waals surface area contributed by atoms with Crippen molar-refractivity contribution in [1.29, 1.82) is 0 Å². The zero-order valence-electron chi connectivity index (χ0n) is 11.0. The quantitative estimate of drug-likeness (QED) is 0.772. The third-order valence-corrected chi connectivity index (χ3v) is 3.27. The lowest BCUT2D eigenvalue weighted by Crippen LogP contribution is -2.04. The first-order chi connectivity index (χ1) is 9.36. The molecule has 2 aromatic heterocycles. The van der Waals surface area contributed by atoms with Gasteiger partial charge in [-0.05, 0) is 48.3 Å². The van der Waals surface area contributed by atoms with E-state index in [4.69, 9.17) is 0 Å². The van der Waals surface area contributed by atoms with Crippen LogP contribution in [0.1, 0.15) is 11.3 Å². The first-order valence-electron chi connectivity index (χ1n) is 6.49. The van der Waals surface area contributed by atoms with Crippen LogP contribution in [-0.4, -0.2) is 16.6 Å². The number of rotatable bonds is 4. The van der Waals surface area contributed by atoms with Crippen molar-refractivity contribution in [3.63, 3.8) is 0 Å². The van der Waals surface area contributed by atoms with E-state index < -0.39 is 0 Å². The fourth-order valence-electron chi connectivity index (χ4n) is 2.37. The van der Waals surface area contributed by atoms with Crippen LogP contribution < -0.4 is 5.32 Å². The van der Waals surface area contributed by atoms with Gasteiger partial charge in [-0.15, -0.1) is 0 Å². The van der Waals surface area contributed by atoms with Crippen molar-refractivity contribution in [1.82, 2.24) is 14.9 Å². The van der Waals surface area contributed by atoms with Gasteiger partial charge in [-0.25, -0.2) is 0 Å². The molecule has 96 valence electrons. The molecule has 0 fully saturated rings. The lowest BCUT2D eigenvalue weighted by molar-refractivity contribution is 0.805. The SMILES string of the molecule is CNCc1ccc2c(ccn2Cc2ccccn2)c1. The van der Waals surface area contributed by atoms with Crippen LogP contribution in [-0.2, 0) is 13.1 Å². The Labute approximate surface area is 112 Å². The summed E-state index contributed by atoms with van der Waals surface area (Å²) in [5, 5.41) is 4.46. The summed E-state index contributed by atoms with van der Waals surface area (Å²) in [5.41, 5.74) is 3.65. The molecule has 1 aromatic carbocycles. The largest absolute Gasteiger partial charge is 0.341 e. The molecule has 0 saturated carbocycles. The van der Waals surface area contributed by atoms with Gasteiger partial charge in [-0.2, -0.15) is 0 Å². The van der Waals surface area contributed by atoms with E-state index in [1.165, 1.54) is 16.5 Å². The minimum Gasteiger partial charge on any atom is -0.341 e. The van der Waals surface area contributed by atoms with E-state index in [2.05, 4.69) is 51.4 Å². The normalized spacial score (nSPS) is 11.0. The Morgan fingerprint density at radius 2 is 2.11 bits per heavy atom. The summed E-state index contributed by atoms with van der Waals surface area (Å²) in [5.74, 6) is 0. The van der Waals surface area contributed by atoms with Gasteiger partial charge in [-0.3, -0.25) is 4.98 Å². The van der Waals surface area contributed by atoms with E-state index in [1.54, 1.807) is 0 Å². The van der Waals surface area contributed by atoms with Gasteiger partial charge in [-0.1, -0.05) is 12.1 Å². The Balaban J connectivity index is 1.93. The predicted octanol–water partition coefficient (Wildman–Crippen LogP) is 2.80. The van der Waals surface area contributed by atoms with Crippen LogP contribution in [0.2, 0.25) is 0 Å². The number of benzene rings is 1. The van der Waals surface area contributed by atoms with Crippen molar-refractivity contribution in [2.45, 2.75) is 13.1 Å². The Morgan fingerprint density at radius 1 is 1.16 bits per heavy atom. The van der Waals surface area contributed by atoms with Gasteiger partial charge in [0.2, 0.25) is 0 Å². The van der Waals surface area contributed by atoms with Gasteiger partial charge in [0.1, 0.15) is 0 Å². The molecule has 0 radical (unpaired) electrons. The molecule has 3 rings (SSSR count). The van der Waals surface area contributed by atoms with E-state index in [0.717, 1.165) is 18.8 Å². The molecule has 0 unspecified atom stereocenters. The molecule has 0 aliphatic carbocycles. The first kappa shape index (κ1) is 11.9. The highest BCUT2D eigenvalue weighted by Crippen LogP contribution is 2.18. The molecule has 0 aliphatic heterocycles. The lowest BCUT2D eigenvalue weighted by Gasteiger charge is -2.06. The second-order valence-corrected chi connectivity index (χ2v) is 4.69. The van der Waals surface area contributed by atoms with Crippen LogP contribution >= 0.6 is 0 Å². The maximum absolute atomic E-state index is 4.38. The summed E-state index contributed by atoms with van der Waals surface area (Å²) in [6.07, 6.45) is 3.97. The van der Waals surface area contributed by atoms with Crippen molar-refractivity contribution in [2.24, 2.45) is 0 Å². The van der Waals surface area contributed by atoms with Gasteiger partial charge in [0, 0.05) is 24.5 Å². The second-order valence-electron chi connectivity index (χ2n) is 4.69. The van der Waals surface area contributed by atoms with Gasteiger partial charge >= 0.3 is 0 Å². The van der Waals surface area contributed by atoms with Crippen molar-refractivity contribution >= 4 is 10.9 Å². The molecule has 3 aromatic rings. The Hall–Kier alpha value is -2.13. The summed E-state index contributed by atoms with van der Waals surface area (Å²) >= 11 is 0. The molecule has 0 bridgehead atoms. The van der Waals surface area contributed by atoms with E-state index in [9.17, 15) is 0 Å². The fraction of sp³-hybridized carbons (Fsp3) is 0.188. The second kappa shape index (κ2) is 5.24. The van der Waals surface area contributed by atoms with Crippen LogP contribution in [0.25, 0.3) is 10.9 Å². The molecule has 0 atom stereocenters. The number of pyridine rings is 1. The summed E-state index contributed by atoms with van der Waals surface area (Å²) in [4.78, 5) is 4.38. The van der Waals surface area contributed by atoms with E-state index in [-0.39, 0.29) is 0 Å². The van der Waals surface area contributed by atoms with Crippen molar-refractivity contribution in [3.05, 3.63) is 66.1 Å². The molecule has 3 heteroatoms. The molecule has 0 spiro atoms. The summed E-state index contributed by atoms with van der Waals surface area (Å²) in [6, 6.07) is 14.8. The Bertz CT molecular complexity index is 671. The highest BCUT2D eigenvalue weighted by molar-refractivity contribution is 5.81. The Kier molecular flexibility index (Phi) is 3.29. The number of fused-ring (bicyclic) bond motifs is 1. The minimum atomic E-state index is 0.815. The standard InChI is InChI=1S/C16H17N3/c1-17-11-13-5-6-16-14(10-13)7-9-19(16)12-15-4-2-3-8-18-15/h2-10,17H,11-12H2,1H3. The highest BCUT2D eigenvalue weighted by atomic mass is 15.0. The molecule has 0 aliphatic rings. The number of hydrogen-bond acceptors (Lipinski definition) is 2. The lowest BCUT2D eigenvalue weighted by atomic mass is 10.1. The zero-order valence-corrected chi connectivity index (χ0v) is 11.0. The number of nitrogens with one attached hydrogen (secondary N) is 1. The third-order valence-electron chi connectivity index (χ3n) is 3.27. The Morgan fingerprint density at radius 3 is 2.89 bits per heavy atom. The van der Waals surface area contributed by atoms with E-state index >= 15 is 0 Å². The average molecular weight is 251 g/mol. The number of hydrogen-bond donors (Lipinski definition) is 1. The van der Waals surface area contributed by atoms with Gasteiger partial charge in [0.15, 0.2) is 0 Å². The van der Waals surface area contributed by atoms with E-state index in [0.29, 0.717) is 0 Å². The van der Waals surface area contributed by atoms with Crippen LogP contribution in [0, 0.1) is 0 Å². The van der Waals surface area contributed by atoms with Crippen molar-refractivity contribution in [2.75, 3.05) is 7.05 Å². The topological polar surface area (TPSA) is 29.9 Å². The average Bonchev–Trinajstić information content (AvgIpc) is 2.83. The molecule has 2 heterocycles. The van der Waals surface area contributed by atoms with E-state index in [1.807, 2.05) is 25.4 Å². The van der Waals surface area contributed by atoms with Crippen LogP contribution in [0.4, 0.5) is 0 Å². The first-order valence-corrected chi connectivity index (χ1v) is 6.49. The van der Waals surface area contributed by atoms with Crippen LogP contribution in [0.15, 0.2) is 54.9 Å². The van der Waals surface area contributed by atoms with Crippen LogP contribution in [0.5, 0.6) is 0 Å². The third kappa shape index (κ3) is 2.51. The van der Waals surface area contributed by atoms with Crippen molar-refractivity contribution in [3.8, 4) is 0 Å². The molecular weight excluding hydrogens is 234 g/mol. The number of nitrogens with zero attached hydrogens (tertiary/aromatic N) is 2. The van der Waals surface area contributed by atoms with Gasteiger partial charge in [0.25, 0.3) is 0 Å². The smallest absolute Gasteiger partial charge is 0.0648 e. The maximum atomic E-state index is 4.38. The summed E-state index contributed by atoms with van der Waals surface area (Å²) < 4.78 is 2.24. The molecule has 0 saturated heterocycles. The molecule has 3 nitrogen and oxygen atoms in total. The molecule has 19 heavy (non-hydrogen) atoms. The van der Waals surface area contributed by atoms with Crippen LogP contribution in [0.3, 0.4) is 0 Å². The minimum absolute atomic E-state index is 0.815. The summed E-state index contributed by atoms with van der Waals surface area (Å²) in [6.45, 7) is 1.72. The van der Waals surface area contributed by atoms with Gasteiger partial charge < -0.3 is 9.88 Å². The fourth-order valence-corrected chi connectivity index (χ4v) is 2.37. The highest BCUT2D eigenvalue weighted by Gasteiger charge is 2.03. The predicted molar refractivity (Wildman–Crippen MR) is 78.0 cm³/mol. The molecule has 1 N–H and O–H groups in total.